The van der Waals surface area contributed by atoms with Crippen LogP contribution in [0.4, 0.5) is 0 Å². The van der Waals surface area contributed by atoms with Gasteiger partial charge in [0.05, 0.1) is 0 Å². The van der Waals surface area contributed by atoms with E-state index < -0.39 is 6.10 Å². The fourth-order valence-corrected chi connectivity index (χ4v) is 4.85. The lowest BCUT2D eigenvalue weighted by Gasteiger charge is -2.40. The lowest BCUT2D eigenvalue weighted by Crippen LogP contribution is -2.41. The van der Waals surface area contributed by atoms with Crippen LogP contribution in [0.25, 0.3) is 0 Å². The number of esters is 2. The molecule has 196 valence electrons. The van der Waals surface area contributed by atoms with Crippen LogP contribution in [-0.4, -0.2) is 18.0 Å². The highest BCUT2D eigenvalue weighted by Crippen LogP contribution is 2.44. The summed E-state index contributed by atoms with van der Waals surface area (Å²) < 4.78 is 11.7. The normalized spacial score (nSPS) is 19.6. The average Bonchev–Trinajstić information content (AvgIpc) is 2.84. The average molecular weight is 477 g/mol. The molecule has 0 aliphatic heterocycles. The number of hydrogen-bond donors (Lipinski definition) is 0. The summed E-state index contributed by atoms with van der Waals surface area (Å²) >= 11 is 0. The van der Waals surface area contributed by atoms with Crippen molar-refractivity contribution in [2.45, 2.75) is 149 Å². The van der Waals surface area contributed by atoms with E-state index in [2.05, 4.69) is 19.9 Å². The second-order valence-corrected chi connectivity index (χ2v) is 9.96. The number of hydrogen-bond acceptors (Lipinski definition) is 4. The molecule has 0 N–H and O–H groups in total. The molecule has 0 aromatic carbocycles. The summed E-state index contributed by atoms with van der Waals surface area (Å²) in [7, 11) is 0. The van der Waals surface area contributed by atoms with Crippen LogP contribution >= 0.6 is 0 Å². The van der Waals surface area contributed by atoms with Crippen LogP contribution in [0.3, 0.4) is 0 Å². The molecule has 0 fully saturated rings. The standard InChI is InChI=1S/C30H52O4/c1-5-9-11-13-15-16-18-20-24-30(23-19-17-14-12-10-6-2)25-21-22-26(33-27(31)7-3)29(30)34-28(32)8-4/h21-22,25,29H,5-20,23-24H2,1-4H3. The molecule has 4 heteroatoms. The molecular formula is C30H52O4. The minimum absolute atomic E-state index is 0.234. The summed E-state index contributed by atoms with van der Waals surface area (Å²) in [6.07, 6.45) is 25.6. The molecule has 0 saturated heterocycles. The van der Waals surface area contributed by atoms with Crippen LogP contribution in [-0.2, 0) is 19.1 Å². The number of allylic oxidation sites excluding steroid dienone is 2. The summed E-state index contributed by atoms with van der Waals surface area (Å²) in [6.45, 7) is 8.10. The molecule has 1 rings (SSSR count). The van der Waals surface area contributed by atoms with E-state index in [1.165, 1.54) is 77.0 Å². The van der Waals surface area contributed by atoms with Crippen molar-refractivity contribution < 1.29 is 19.1 Å². The predicted molar refractivity (Wildman–Crippen MR) is 141 cm³/mol. The maximum absolute atomic E-state index is 12.4. The fraction of sp³-hybridized carbons (Fsp3) is 0.800. The molecule has 0 spiro atoms. The first-order valence-electron chi connectivity index (χ1n) is 14.3. The van der Waals surface area contributed by atoms with Crippen LogP contribution in [0.2, 0.25) is 0 Å². The quantitative estimate of drug-likeness (QED) is 0.130. The molecule has 4 nitrogen and oxygen atoms in total. The highest BCUT2D eigenvalue weighted by Gasteiger charge is 2.43. The van der Waals surface area contributed by atoms with E-state index in [9.17, 15) is 9.59 Å². The number of unbranched alkanes of at least 4 members (excludes halogenated alkanes) is 12. The summed E-state index contributed by atoms with van der Waals surface area (Å²) in [6, 6.07) is 0. The summed E-state index contributed by atoms with van der Waals surface area (Å²) in [4.78, 5) is 24.5. The summed E-state index contributed by atoms with van der Waals surface area (Å²) in [5.74, 6) is -0.0108. The van der Waals surface area contributed by atoms with Gasteiger partial charge < -0.3 is 9.47 Å². The van der Waals surface area contributed by atoms with Gasteiger partial charge in [-0.25, -0.2) is 0 Å². The molecule has 2 atom stereocenters. The van der Waals surface area contributed by atoms with E-state index in [0.717, 1.165) is 25.7 Å². The van der Waals surface area contributed by atoms with Crippen molar-refractivity contribution in [3.63, 3.8) is 0 Å². The first kappa shape index (κ1) is 30.5. The topological polar surface area (TPSA) is 52.6 Å². The highest BCUT2D eigenvalue weighted by atomic mass is 16.6. The van der Waals surface area contributed by atoms with Crippen molar-refractivity contribution in [2.75, 3.05) is 0 Å². The number of ether oxygens (including phenoxy) is 2. The first-order valence-corrected chi connectivity index (χ1v) is 14.3. The van der Waals surface area contributed by atoms with Crippen molar-refractivity contribution in [2.24, 2.45) is 5.41 Å². The Morgan fingerprint density at radius 1 is 0.706 bits per heavy atom. The van der Waals surface area contributed by atoms with Gasteiger partial charge in [0, 0.05) is 18.3 Å². The monoisotopic (exact) mass is 476 g/mol. The summed E-state index contributed by atoms with van der Waals surface area (Å²) in [5.41, 5.74) is -0.296. The Morgan fingerprint density at radius 2 is 1.18 bits per heavy atom. The zero-order valence-corrected chi connectivity index (χ0v) is 22.7. The molecule has 0 aromatic heterocycles. The molecular weight excluding hydrogens is 424 g/mol. The predicted octanol–water partition coefficient (Wildman–Crippen LogP) is 8.98. The van der Waals surface area contributed by atoms with Gasteiger partial charge in [-0.15, -0.1) is 0 Å². The van der Waals surface area contributed by atoms with Gasteiger partial charge >= 0.3 is 11.9 Å². The highest BCUT2D eigenvalue weighted by molar-refractivity contribution is 5.71. The molecule has 1 aliphatic rings. The molecule has 0 heterocycles. The molecule has 34 heavy (non-hydrogen) atoms. The van der Waals surface area contributed by atoms with E-state index in [4.69, 9.17) is 9.47 Å². The van der Waals surface area contributed by atoms with Gasteiger partial charge in [0.2, 0.25) is 0 Å². The number of carbonyl (C=O) groups is 2. The van der Waals surface area contributed by atoms with Gasteiger partial charge in [-0.1, -0.05) is 130 Å². The van der Waals surface area contributed by atoms with Gasteiger partial charge in [0.1, 0.15) is 5.76 Å². The third-order valence-electron chi connectivity index (χ3n) is 7.02. The molecule has 0 saturated carbocycles. The summed E-state index contributed by atoms with van der Waals surface area (Å²) in [5, 5.41) is 0. The third-order valence-corrected chi connectivity index (χ3v) is 7.02. The van der Waals surface area contributed by atoms with E-state index >= 15 is 0 Å². The zero-order chi connectivity index (χ0) is 25.1. The fourth-order valence-electron chi connectivity index (χ4n) is 4.85. The molecule has 0 bridgehead atoms. The van der Waals surface area contributed by atoms with E-state index in [1.54, 1.807) is 6.92 Å². The van der Waals surface area contributed by atoms with Crippen molar-refractivity contribution >= 4 is 11.9 Å². The Balaban J connectivity index is 2.89. The minimum atomic E-state index is -0.513. The molecule has 1 aliphatic carbocycles. The zero-order valence-electron chi connectivity index (χ0n) is 22.7. The van der Waals surface area contributed by atoms with Crippen LogP contribution in [0.5, 0.6) is 0 Å². The Kier molecular flexibility index (Phi) is 16.8. The van der Waals surface area contributed by atoms with Crippen molar-refractivity contribution in [1.29, 1.82) is 0 Å². The van der Waals surface area contributed by atoms with Crippen LogP contribution in [0.15, 0.2) is 24.0 Å². The van der Waals surface area contributed by atoms with Gasteiger partial charge in [-0.3, -0.25) is 9.59 Å². The number of rotatable bonds is 20. The SMILES string of the molecule is CCCCCCCCCCC1(CCCCCCCC)C=CC=C(OC(=O)CC)C1OC(=O)CC. The van der Waals surface area contributed by atoms with Crippen molar-refractivity contribution in [1.82, 2.24) is 0 Å². The van der Waals surface area contributed by atoms with Gasteiger partial charge in [-0.2, -0.15) is 0 Å². The lowest BCUT2D eigenvalue weighted by molar-refractivity contribution is -0.159. The molecule has 2 unspecified atom stereocenters. The van der Waals surface area contributed by atoms with Gasteiger partial charge in [-0.05, 0) is 18.9 Å². The second kappa shape index (κ2) is 18.7. The number of carbonyl (C=O) groups excluding carboxylic acids is 2. The Hall–Kier alpha value is -1.58. The van der Waals surface area contributed by atoms with E-state index in [-0.39, 0.29) is 17.4 Å². The van der Waals surface area contributed by atoms with Gasteiger partial charge in [0.25, 0.3) is 0 Å². The first-order chi connectivity index (χ1) is 16.5. The largest absolute Gasteiger partial charge is 0.453 e. The Bertz CT molecular complexity index is 621. The molecule has 0 aromatic rings. The minimum Gasteiger partial charge on any atom is -0.453 e. The Labute approximate surface area is 209 Å². The maximum atomic E-state index is 12.4. The van der Waals surface area contributed by atoms with Crippen LogP contribution < -0.4 is 0 Å². The molecule has 0 amide bonds. The second-order valence-electron chi connectivity index (χ2n) is 9.96. The van der Waals surface area contributed by atoms with Crippen molar-refractivity contribution in [3.05, 3.63) is 24.0 Å². The van der Waals surface area contributed by atoms with Crippen LogP contribution in [0, 0.1) is 5.41 Å². The molecule has 0 radical (unpaired) electrons. The smallest absolute Gasteiger partial charge is 0.310 e. The Morgan fingerprint density at radius 3 is 1.65 bits per heavy atom. The van der Waals surface area contributed by atoms with Crippen LogP contribution in [0.1, 0.15) is 143 Å². The lowest BCUT2D eigenvalue weighted by atomic mass is 9.70. The van der Waals surface area contributed by atoms with E-state index in [1.807, 2.05) is 19.1 Å². The van der Waals surface area contributed by atoms with Gasteiger partial charge in [0.15, 0.2) is 6.10 Å². The maximum Gasteiger partial charge on any atom is 0.310 e. The van der Waals surface area contributed by atoms with E-state index in [0.29, 0.717) is 18.6 Å². The van der Waals surface area contributed by atoms with Crippen molar-refractivity contribution in [3.8, 4) is 0 Å². The third kappa shape index (κ3) is 11.7.